The van der Waals surface area contributed by atoms with Crippen LogP contribution in [0, 0.1) is 5.82 Å². The van der Waals surface area contributed by atoms with Crippen molar-refractivity contribution in [1.82, 2.24) is 9.21 Å². The van der Waals surface area contributed by atoms with Crippen LogP contribution in [-0.2, 0) is 16.6 Å². The lowest BCUT2D eigenvalue weighted by atomic mass is 10.1. The third-order valence-electron chi connectivity index (χ3n) is 5.12. The number of hydrogen-bond acceptors (Lipinski definition) is 6. The minimum atomic E-state index is -3.62. The molecule has 0 aromatic heterocycles. The number of sulfonamides is 1. The number of fused-ring (bicyclic) bond motifs is 1. The molecule has 0 saturated carbocycles. The van der Waals surface area contributed by atoms with Crippen molar-refractivity contribution in [2.75, 3.05) is 46.5 Å². The van der Waals surface area contributed by atoms with E-state index >= 15 is 0 Å². The van der Waals surface area contributed by atoms with Crippen LogP contribution in [0.15, 0.2) is 41.3 Å². The van der Waals surface area contributed by atoms with Crippen LogP contribution < -0.4 is 14.2 Å². The highest BCUT2D eigenvalue weighted by Gasteiger charge is 2.30. The monoisotopic (exact) mass is 422 g/mol. The number of hydrogen-bond donors (Lipinski definition) is 0. The van der Waals surface area contributed by atoms with Crippen LogP contribution in [0.25, 0.3) is 0 Å². The Morgan fingerprint density at radius 3 is 2.45 bits per heavy atom. The molecule has 1 fully saturated rings. The molecule has 9 heteroatoms. The fourth-order valence-corrected chi connectivity index (χ4v) is 5.01. The first-order valence-electron chi connectivity index (χ1n) is 9.42. The number of rotatable bonds is 5. The average molecular weight is 422 g/mol. The molecular weight excluding hydrogens is 399 g/mol. The Kier molecular flexibility index (Phi) is 5.62. The minimum Gasteiger partial charge on any atom is -0.496 e. The third-order valence-corrected chi connectivity index (χ3v) is 7.01. The standard InChI is InChI=1S/C20H23FN2O5S/c1-26-18-4-2-16(21)12-15(18)14-22-6-8-23(9-7-22)29(24,25)17-3-5-19-20(13-17)28-11-10-27-19/h2-5,12-13H,6-11,14H2,1H3. The van der Waals surface area contributed by atoms with E-state index in [1.807, 2.05) is 0 Å². The Morgan fingerprint density at radius 1 is 1.00 bits per heavy atom. The molecule has 0 radical (unpaired) electrons. The quantitative estimate of drug-likeness (QED) is 0.735. The lowest BCUT2D eigenvalue weighted by Crippen LogP contribution is -2.48. The van der Waals surface area contributed by atoms with E-state index in [2.05, 4.69) is 4.90 Å². The SMILES string of the molecule is COc1ccc(F)cc1CN1CCN(S(=O)(=O)c2ccc3c(c2)OCCO3)CC1. The predicted octanol–water partition coefficient (Wildman–Crippen LogP) is 2.11. The van der Waals surface area contributed by atoms with Crippen LogP contribution in [0.1, 0.15) is 5.56 Å². The van der Waals surface area contributed by atoms with Crippen molar-refractivity contribution < 1.29 is 27.0 Å². The summed E-state index contributed by atoms with van der Waals surface area (Å²) in [6, 6.07) is 9.12. The Labute approximate surface area is 169 Å². The van der Waals surface area contributed by atoms with Crippen molar-refractivity contribution in [3.05, 3.63) is 47.8 Å². The molecule has 29 heavy (non-hydrogen) atoms. The molecule has 0 N–H and O–H groups in total. The first-order chi connectivity index (χ1) is 14.0. The molecule has 0 atom stereocenters. The van der Waals surface area contributed by atoms with Crippen molar-refractivity contribution in [3.8, 4) is 17.2 Å². The van der Waals surface area contributed by atoms with Crippen LogP contribution in [0.2, 0.25) is 0 Å². The van der Waals surface area contributed by atoms with Crippen molar-refractivity contribution >= 4 is 10.0 Å². The Morgan fingerprint density at radius 2 is 1.72 bits per heavy atom. The summed E-state index contributed by atoms with van der Waals surface area (Å²) in [6.45, 7) is 3.16. The summed E-state index contributed by atoms with van der Waals surface area (Å²) in [5, 5.41) is 0. The molecular formula is C20H23FN2O5S. The minimum absolute atomic E-state index is 0.196. The molecule has 1 saturated heterocycles. The van der Waals surface area contributed by atoms with E-state index < -0.39 is 10.0 Å². The van der Waals surface area contributed by atoms with Gasteiger partial charge in [-0.25, -0.2) is 12.8 Å². The summed E-state index contributed by atoms with van der Waals surface area (Å²) in [5.41, 5.74) is 0.746. The van der Waals surface area contributed by atoms with Crippen molar-refractivity contribution in [2.45, 2.75) is 11.4 Å². The zero-order valence-corrected chi connectivity index (χ0v) is 17.0. The maximum Gasteiger partial charge on any atom is 0.243 e. The maximum absolute atomic E-state index is 13.6. The third kappa shape index (κ3) is 4.17. The maximum atomic E-state index is 13.6. The highest BCUT2D eigenvalue weighted by atomic mass is 32.2. The summed E-state index contributed by atoms with van der Waals surface area (Å²) < 4.78 is 57.4. The van der Waals surface area contributed by atoms with Gasteiger partial charge in [0.1, 0.15) is 24.8 Å². The van der Waals surface area contributed by atoms with Gasteiger partial charge >= 0.3 is 0 Å². The molecule has 2 aromatic rings. The smallest absolute Gasteiger partial charge is 0.243 e. The molecule has 2 aliphatic heterocycles. The molecule has 2 aromatic carbocycles. The molecule has 0 spiro atoms. The zero-order chi connectivity index (χ0) is 20.4. The number of benzene rings is 2. The summed E-state index contributed by atoms with van der Waals surface area (Å²) in [7, 11) is -2.07. The van der Waals surface area contributed by atoms with Gasteiger partial charge in [-0.1, -0.05) is 0 Å². The normalized spacial score (nSPS) is 17.9. The largest absolute Gasteiger partial charge is 0.496 e. The zero-order valence-electron chi connectivity index (χ0n) is 16.1. The molecule has 2 heterocycles. The van der Waals surface area contributed by atoms with Gasteiger partial charge < -0.3 is 14.2 Å². The van der Waals surface area contributed by atoms with Crippen LogP contribution in [0.4, 0.5) is 4.39 Å². The molecule has 7 nitrogen and oxygen atoms in total. The van der Waals surface area contributed by atoms with Gasteiger partial charge in [0, 0.05) is 44.4 Å². The Hall–Kier alpha value is -2.36. The van der Waals surface area contributed by atoms with E-state index in [-0.39, 0.29) is 10.7 Å². The van der Waals surface area contributed by atoms with Crippen LogP contribution >= 0.6 is 0 Å². The molecule has 0 bridgehead atoms. The predicted molar refractivity (Wildman–Crippen MR) is 104 cm³/mol. The van der Waals surface area contributed by atoms with Gasteiger partial charge in [-0.05, 0) is 30.3 Å². The fourth-order valence-electron chi connectivity index (χ4n) is 3.57. The molecule has 0 aliphatic carbocycles. The van der Waals surface area contributed by atoms with Gasteiger partial charge in [0.05, 0.1) is 12.0 Å². The van der Waals surface area contributed by atoms with Crippen molar-refractivity contribution in [2.24, 2.45) is 0 Å². The van der Waals surface area contributed by atoms with E-state index in [1.54, 1.807) is 25.3 Å². The van der Waals surface area contributed by atoms with Crippen molar-refractivity contribution in [1.29, 1.82) is 0 Å². The second-order valence-electron chi connectivity index (χ2n) is 6.94. The van der Waals surface area contributed by atoms with Crippen LogP contribution in [-0.4, -0.2) is 64.1 Å². The van der Waals surface area contributed by atoms with E-state index in [4.69, 9.17) is 14.2 Å². The fraction of sp³-hybridized carbons (Fsp3) is 0.400. The van der Waals surface area contributed by atoms with Gasteiger partial charge in [0.2, 0.25) is 10.0 Å². The van der Waals surface area contributed by atoms with Gasteiger partial charge in [-0.2, -0.15) is 4.31 Å². The molecule has 2 aliphatic rings. The van der Waals surface area contributed by atoms with Crippen molar-refractivity contribution in [3.63, 3.8) is 0 Å². The number of nitrogens with zero attached hydrogens (tertiary/aromatic N) is 2. The van der Waals surface area contributed by atoms with Gasteiger partial charge in [0.25, 0.3) is 0 Å². The molecule has 0 unspecified atom stereocenters. The molecule has 4 rings (SSSR count). The first-order valence-corrected chi connectivity index (χ1v) is 10.9. The average Bonchev–Trinajstić information content (AvgIpc) is 2.74. The highest BCUT2D eigenvalue weighted by molar-refractivity contribution is 7.89. The summed E-state index contributed by atoms with van der Waals surface area (Å²) in [4.78, 5) is 2.29. The number of methoxy groups -OCH3 is 1. The lowest BCUT2D eigenvalue weighted by Gasteiger charge is -2.34. The molecule has 0 amide bonds. The van der Waals surface area contributed by atoms with E-state index in [0.29, 0.717) is 63.2 Å². The Bertz CT molecular complexity index is 990. The number of ether oxygens (including phenoxy) is 3. The van der Waals surface area contributed by atoms with Crippen LogP contribution in [0.3, 0.4) is 0 Å². The van der Waals surface area contributed by atoms with Gasteiger partial charge in [-0.15, -0.1) is 0 Å². The Balaban J connectivity index is 1.43. The van der Waals surface area contributed by atoms with Crippen LogP contribution in [0.5, 0.6) is 17.2 Å². The van der Waals surface area contributed by atoms with E-state index in [1.165, 1.54) is 22.5 Å². The summed E-state index contributed by atoms with van der Waals surface area (Å²) in [6.07, 6.45) is 0. The van der Waals surface area contributed by atoms with Gasteiger partial charge in [0.15, 0.2) is 11.5 Å². The summed E-state index contributed by atoms with van der Waals surface area (Å²) in [5.74, 6) is 1.32. The second-order valence-corrected chi connectivity index (χ2v) is 8.88. The van der Waals surface area contributed by atoms with Gasteiger partial charge in [-0.3, -0.25) is 4.90 Å². The number of piperazine rings is 1. The molecule has 156 valence electrons. The van der Waals surface area contributed by atoms with E-state index in [9.17, 15) is 12.8 Å². The lowest BCUT2D eigenvalue weighted by molar-refractivity contribution is 0.170. The topological polar surface area (TPSA) is 68.3 Å². The first kappa shape index (κ1) is 19.9. The van der Waals surface area contributed by atoms with E-state index in [0.717, 1.165) is 5.56 Å². The second kappa shape index (κ2) is 8.17. The summed E-state index contributed by atoms with van der Waals surface area (Å²) >= 11 is 0. The number of halogens is 1. The highest BCUT2D eigenvalue weighted by Crippen LogP contribution is 2.33.